The van der Waals surface area contributed by atoms with Crippen LogP contribution in [-0.2, 0) is 10.8 Å². The third kappa shape index (κ3) is 4.63. The summed E-state index contributed by atoms with van der Waals surface area (Å²) >= 11 is 1.91. The fourth-order valence-electron chi connectivity index (χ4n) is 10.1. The van der Waals surface area contributed by atoms with Gasteiger partial charge in [-0.15, -0.1) is 11.3 Å². The van der Waals surface area contributed by atoms with Crippen LogP contribution < -0.4 is 0 Å². The SMILES string of the molecule is CC1(C)c2ccccc2-c2ccc(-c3ccccccc(-c4cc5c(c6cc7sc8ccccc8c7cc46)C(C)(C)c4ccccc4-5)c4ccccc34)cc21. The standard InChI is InChI=1S/C54H40S/c1-53(2)47-24-14-11-21-38(47)40-28-27-33(29-49(40)53)34-17-7-5-6-8-18-37(36-20-10-9-19-35(34)36)42-31-45-39-22-12-15-25-48(39)54(3,4)52(45)46-32-51-44(30-43(42)46)41-23-13-16-26-50(41)55-51/h5-32H,1-4H3. The summed E-state index contributed by atoms with van der Waals surface area (Å²) < 4.78 is 2.68. The van der Waals surface area contributed by atoms with Crippen molar-refractivity contribution in [1.29, 1.82) is 0 Å². The van der Waals surface area contributed by atoms with Gasteiger partial charge in [-0.1, -0.05) is 167 Å². The molecule has 1 heterocycles. The zero-order chi connectivity index (χ0) is 37.1. The van der Waals surface area contributed by atoms with Crippen molar-refractivity contribution in [3.05, 3.63) is 192 Å². The van der Waals surface area contributed by atoms with Crippen molar-refractivity contribution < 1.29 is 0 Å². The molecule has 0 atom stereocenters. The summed E-state index contributed by atoms with van der Waals surface area (Å²) in [5.74, 6) is 0. The Labute approximate surface area is 326 Å². The van der Waals surface area contributed by atoms with Gasteiger partial charge in [-0.2, -0.15) is 0 Å². The second-order valence-corrected chi connectivity index (χ2v) is 17.5. The van der Waals surface area contributed by atoms with Crippen molar-refractivity contribution in [1.82, 2.24) is 0 Å². The quantitative estimate of drug-likeness (QED) is 0.167. The Morgan fingerprint density at radius 1 is 0.309 bits per heavy atom. The van der Waals surface area contributed by atoms with Gasteiger partial charge in [0.25, 0.3) is 0 Å². The number of rotatable bonds is 2. The van der Waals surface area contributed by atoms with E-state index in [0.717, 1.165) is 0 Å². The molecule has 0 saturated carbocycles. The van der Waals surface area contributed by atoms with Crippen molar-refractivity contribution in [2.75, 3.05) is 0 Å². The Morgan fingerprint density at radius 3 is 1.64 bits per heavy atom. The molecule has 55 heavy (non-hydrogen) atoms. The normalized spacial score (nSPS) is 14.5. The maximum absolute atomic E-state index is 2.52. The lowest BCUT2D eigenvalue weighted by molar-refractivity contribution is 0.660. The number of hydrogen-bond donors (Lipinski definition) is 0. The van der Waals surface area contributed by atoms with Crippen molar-refractivity contribution in [3.63, 3.8) is 0 Å². The van der Waals surface area contributed by atoms with Gasteiger partial charge in [0.2, 0.25) is 0 Å². The molecule has 0 unspecified atom stereocenters. The van der Waals surface area contributed by atoms with Gasteiger partial charge < -0.3 is 0 Å². The monoisotopic (exact) mass is 720 g/mol. The lowest BCUT2D eigenvalue weighted by atomic mass is 9.79. The molecule has 0 aliphatic heterocycles. The second kappa shape index (κ2) is 11.7. The third-order valence-corrected chi connectivity index (χ3v) is 13.8. The van der Waals surface area contributed by atoms with Crippen LogP contribution in [0.2, 0.25) is 0 Å². The summed E-state index contributed by atoms with van der Waals surface area (Å²) in [5, 5.41) is 7.79. The molecular weight excluding hydrogens is 681 g/mol. The van der Waals surface area contributed by atoms with E-state index in [1.54, 1.807) is 0 Å². The van der Waals surface area contributed by atoms with Gasteiger partial charge in [-0.3, -0.25) is 0 Å². The van der Waals surface area contributed by atoms with Crippen LogP contribution in [0.15, 0.2) is 170 Å². The molecule has 0 radical (unpaired) electrons. The molecule has 2 aliphatic carbocycles. The summed E-state index contributed by atoms with van der Waals surface area (Å²) in [4.78, 5) is 0. The van der Waals surface area contributed by atoms with Gasteiger partial charge in [0, 0.05) is 31.0 Å². The number of fused-ring (bicyclic) bond motifs is 12. The molecule has 11 rings (SSSR count). The van der Waals surface area contributed by atoms with E-state index in [0.29, 0.717) is 0 Å². The minimum Gasteiger partial charge on any atom is -0.135 e. The minimum absolute atomic E-state index is 0.0772. The maximum atomic E-state index is 2.52. The molecule has 1 heteroatoms. The molecule has 0 N–H and O–H groups in total. The fourth-order valence-corrected chi connectivity index (χ4v) is 11.2. The average molecular weight is 721 g/mol. The predicted octanol–water partition coefficient (Wildman–Crippen LogP) is 15.4. The van der Waals surface area contributed by atoms with E-state index in [1.807, 2.05) is 11.3 Å². The summed E-state index contributed by atoms with van der Waals surface area (Å²) in [5.41, 5.74) is 15.8. The highest BCUT2D eigenvalue weighted by Gasteiger charge is 2.38. The Bertz CT molecular complexity index is 3150. The average Bonchev–Trinajstić information content (AvgIpc) is 3.77. The van der Waals surface area contributed by atoms with E-state index in [4.69, 9.17) is 0 Å². The van der Waals surface area contributed by atoms with E-state index in [9.17, 15) is 0 Å². The molecule has 0 nitrogen and oxygen atoms in total. The molecule has 0 saturated heterocycles. The first kappa shape index (κ1) is 32.4. The zero-order valence-corrected chi connectivity index (χ0v) is 32.4. The van der Waals surface area contributed by atoms with Crippen molar-refractivity contribution in [2.24, 2.45) is 0 Å². The zero-order valence-electron chi connectivity index (χ0n) is 31.6. The van der Waals surface area contributed by atoms with Gasteiger partial charge in [-0.25, -0.2) is 0 Å². The largest absolute Gasteiger partial charge is 0.135 e. The van der Waals surface area contributed by atoms with E-state index < -0.39 is 0 Å². The first-order valence-electron chi connectivity index (χ1n) is 19.4. The number of thiophene rings is 1. The van der Waals surface area contributed by atoms with Gasteiger partial charge >= 0.3 is 0 Å². The van der Waals surface area contributed by atoms with Crippen LogP contribution in [0.4, 0.5) is 0 Å². The third-order valence-electron chi connectivity index (χ3n) is 12.7. The van der Waals surface area contributed by atoms with E-state index in [2.05, 4.69) is 198 Å². The summed E-state index contributed by atoms with van der Waals surface area (Å²) in [6.45, 7) is 9.56. The molecule has 1 aromatic heterocycles. The summed E-state index contributed by atoms with van der Waals surface area (Å²) in [7, 11) is 0. The molecular formula is C54H40S. The van der Waals surface area contributed by atoms with Crippen LogP contribution in [0.25, 0.3) is 86.2 Å². The molecule has 9 aromatic rings. The Kier molecular flexibility index (Phi) is 6.92. The van der Waals surface area contributed by atoms with Crippen molar-refractivity contribution in [3.8, 4) is 44.5 Å². The highest BCUT2D eigenvalue weighted by atomic mass is 32.1. The summed E-state index contributed by atoms with van der Waals surface area (Å²) in [6, 6.07) is 64.0. The lowest BCUT2D eigenvalue weighted by Crippen LogP contribution is -2.15. The summed E-state index contributed by atoms with van der Waals surface area (Å²) in [6.07, 6.45) is 0. The van der Waals surface area contributed by atoms with Crippen LogP contribution in [-0.4, -0.2) is 0 Å². The topological polar surface area (TPSA) is 0 Å². The van der Waals surface area contributed by atoms with Crippen LogP contribution in [0.1, 0.15) is 49.9 Å². The van der Waals surface area contributed by atoms with E-state index in [-0.39, 0.29) is 10.8 Å². The van der Waals surface area contributed by atoms with Gasteiger partial charge in [-0.05, 0) is 119 Å². The molecule has 2 aliphatic rings. The Balaban J connectivity index is 1.25. The lowest BCUT2D eigenvalue weighted by Gasteiger charge is -2.24. The highest BCUT2D eigenvalue weighted by molar-refractivity contribution is 7.25. The van der Waals surface area contributed by atoms with Gasteiger partial charge in [0.15, 0.2) is 0 Å². The first-order valence-corrected chi connectivity index (χ1v) is 20.2. The number of hydrogen-bond acceptors (Lipinski definition) is 1. The Morgan fingerprint density at radius 2 is 0.873 bits per heavy atom. The highest BCUT2D eigenvalue weighted by Crippen LogP contribution is 2.55. The molecule has 0 bridgehead atoms. The minimum atomic E-state index is -0.128. The van der Waals surface area contributed by atoms with Crippen molar-refractivity contribution >= 4 is 53.1 Å². The van der Waals surface area contributed by atoms with Crippen LogP contribution in [0, 0.1) is 0 Å². The van der Waals surface area contributed by atoms with Crippen LogP contribution in [0.3, 0.4) is 0 Å². The van der Waals surface area contributed by atoms with Gasteiger partial charge in [0.1, 0.15) is 0 Å². The van der Waals surface area contributed by atoms with E-state index in [1.165, 1.54) is 108 Å². The van der Waals surface area contributed by atoms with Crippen LogP contribution >= 0.6 is 11.3 Å². The first-order chi connectivity index (χ1) is 26.8. The van der Waals surface area contributed by atoms with E-state index >= 15 is 0 Å². The second-order valence-electron chi connectivity index (χ2n) is 16.4. The molecule has 0 fully saturated rings. The molecule has 262 valence electrons. The predicted molar refractivity (Wildman–Crippen MR) is 238 cm³/mol. The molecule has 8 aromatic carbocycles. The maximum Gasteiger partial charge on any atom is 0.0361 e. The van der Waals surface area contributed by atoms with Crippen LogP contribution in [0.5, 0.6) is 0 Å². The van der Waals surface area contributed by atoms with Crippen molar-refractivity contribution in [2.45, 2.75) is 38.5 Å². The fraction of sp³-hybridized carbons (Fsp3) is 0.111. The smallest absolute Gasteiger partial charge is 0.0361 e. The molecule has 0 spiro atoms. The number of benzene rings is 7. The van der Waals surface area contributed by atoms with Gasteiger partial charge in [0.05, 0.1) is 0 Å². The Hall–Kier alpha value is -6.02. The molecule has 0 amide bonds.